The van der Waals surface area contributed by atoms with Crippen molar-refractivity contribution in [1.29, 1.82) is 0 Å². The molecule has 0 aliphatic rings. The summed E-state index contributed by atoms with van der Waals surface area (Å²) in [6, 6.07) is 5.19. The summed E-state index contributed by atoms with van der Waals surface area (Å²) in [7, 11) is 3.07. The fourth-order valence-electron chi connectivity index (χ4n) is 2.07. The van der Waals surface area contributed by atoms with Gasteiger partial charge in [-0.05, 0) is 18.2 Å². The van der Waals surface area contributed by atoms with Gasteiger partial charge in [-0.2, -0.15) is 5.10 Å². The average molecular weight is 291 g/mol. The van der Waals surface area contributed by atoms with Crippen LogP contribution >= 0.6 is 0 Å². The largest absolute Gasteiger partial charge is 0.497 e. The van der Waals surface area contributed by atoms with Gasteiger partial charge in [0.1, 0.15) is 23.0 Å². The van der Waals surface area contributed by atoms with Crippen molar-refractivity contribution >= 4 is 12.1 Å². The van der Waals surface area contributed by atoms with Crippen molar-refractivity contribution in [2.45, 2.75) is 6.54 Å². The second kappa shape index (κ2) is 6.27. The lowest BCUT2D eigenvalue weighted by Crippen LogP contribution is -2.08. The van der Waals surface area contributed by atoms with E-state index in [4.69, 9.17) is 20.3 Å². The monoisotopic (exact) mass is 291 g/mol. The molecule has 0 amide bonds. The summed E-state index contributed by atoms with van der Waals surface area (Å²) in [4.78, 5) is 11.3. The fourth-order valence-corrected chi connectivity index (χ4v) is 2.07. The lowest BCUT2D eigenvalue weighted by atomic mass is 10.1. The zero-order valence-corrected chi connectivity index (χ0v) is 11.9. The van der Waals surface area contributed by atoms with Crippen LogP contribution in [0, 0.1) is 0 Å². The molecule has 0 fully saturated rings. The number of aliphatic hydroxyl groups excluding tert-OH is 1. The van der Waals surface area contributed by atoms with Gasteiger partial charge in [-0.1, -0.05) is 0 Å². The summed E-state index contributed by atoms with van der Waals surface area (Å²) in [6.07, 6.45) is 0.643. The van der Waals surface area contributed by atoms with E-state index in [1.165, 1.54) is 11.8 Å². The smallest absolute Gasteiger partial charge is 0.156 e. The maximum atomic E-state index is 11.3. The molecule has 7 nitrogen and oxygen atoms in total. The molecule has 2 aromatic rings. The highest BCUT2D eigenvalue weighted by Crippen LogP contribution is 2.35. The number of carbonyl (C=O) groups is 1. The fraction of sp³-hybridized carbons (Fsp3) is 0.286. The van der Waals surface area contributed by atoms with Crippen molar-refractivity contribution in [1.82, 2.24) is 9.78 Å². The van der Waals surface area contributed by atoms with Crippen LogP contribution in [0.3, 0.4) is 0 Å². The average Bonchev–Trinajstić information content (AvgIpc) is 2.83. The summed E-state index contributed by atoms with van der Waals surface area (Å²) in [5.41, 5.74) is 7.14. The topological polar surface area (TPSA) is 99.6 Å². The van der Waals surface area contributed by atoms with Gasteiger partial charge in [0.15, 0.2) is 6.29 Å². The number of methoxy groups -OCH3 is 2. The van der Waals surface area contributed by atoms with Gasteiger partial charge in [0, 0.05) is 5.56 Å². The summed E-state index contributed by atoms with van der Waals surface area (Å²) in [5, 5.41) is 13.3. The maximum Gasteiger partial charge on any atom is 0.156 e. The molecule has 112 valence electrons. The number of nitrogens with zero attached hydrogens (tertiary/aromatic N) is 2. The molecule has 3 N–H and O–H groups in total. The lowest BCUT2D eigenvalue weighted by molar-refractivity contribution is 0.112. The van der Waals surface area contributed by atoms with E-state index in [1.54, 1.807) is 25.3 Å². The third-order valence-corrected chi connectivity index (χ3v) is 3.12. The van der Waals surface area contributed by atoms with Crippen LogP contribution in [0.15, 0.2) is 18.2 Å². The van der Waals surface area contributed by atoms with E-state index in [1.807, 2.05) is 0 Å². The highest BCUT2D eigenvalue weighted by atomic mass is 16.5. The highest BCUT2D eigenvalue weighted by molar-refractivity contribution is 5.93. The highest BCUT2D eigenvalue weighted by Gasteiger charge is 2.20. The first kappa shape index (κ1) is 14.9. The van der Waals surface area contributed by atoms with Crippen LogP contribution in [0.1, 0.15) is 10.4 Å². The Morgan fingerprint density at radius 3 is 2.71 bits per heavy atom. The Labute approximate surface area is 121 Å². The molecule has 0 aliphatic heterocycles. The van der Waals surface area contributed by atoms with Crippen LogP contribution in [0.4, 0.5) is 5.82 Å². The number of aromatic nitrogens is 2. The number of carbonyl (C=O) groups excluding carboxylic acids is 1. The van der Waals surface area contributed by atoms with Crippen LogP contribution in [-0.2, 0) is 6.54 Å². The van der Waals surface area contributed by atoms with Crippen molar-refractivity contribution in [2.75, 3.05) is 26.6 Å². The number of rotatable bonds is 6. The standard InChI is InChI=1S/C14H17N3O4/c1-20-9-3-4-12(21-2)10(7-9)13-11(8-19)14(15)17(16-13)5-6-18/h3-4,7-8,18H,5-6,15H2,1-2H3. The van der Waals surface area contributed by atoms with Gasteiger partial charge in [-0.15, -0.1) is 0 Å². The Morgan fingerprint density at radius 2 is 2.14 bits per heavy atom. The predicted molar refractivity (Wildman–Crippen MR) is 77.7 cm³/mol. The van der Waals surface area contributed by atoms with Gasteiger partial charge >= 0.3 is 0 Å². The van der Waals surface area contributed by atoms with E-state index in [0.29, 0.717) is 29.0 Å². The molecule has 2 rings (SSSR count). The SMILES string of the molecule is COc1ccc(OC)c(-c2nn(CCO)c(N)c2C=O)c1. The van der Waals surface area contributed by atoms with Gasteiger partial charge in [0.05, 0.1) is 32.9 Å². The zero-order chi connectivity index (χ0) is 15.4. The van der Waals surface area contributed by atoms with Crippen molar-refractivity contribution in [3.8, 4) is 22.8 Å². The number of benzene rings is 1. The van der Waals surface area contributed by atoms with Gasteiger partial charge in [-0.25, -0.2) is 4.68 Å². The van der Waals surface area contributed by atoms with Crippen LogP contribution in [-0.4, -0.2) is 42.0 Å². The van der Waals surface area contributed by atoms with Crippen molar-refractivity contribution in [3.63, 3.8) is 0 Å². The third kappa shape index (κ3) is 2.68. The minimum absolute atomic E-state index is 0.126. The Morgan fingerprint density at radius 1 is 1.38 bits per heavy atom. The second-order valence-corrected chi connectivity index (χ2v) is 4.28. The Balaban J connectivity index is 2.65. The van der Waals surface area contributed by atoms with Crippen LogP contribution in [0.25, 0.3) is 11.3 Å². The first-order valence-corrected chi connectivity index (χ1v) is 6.31. The lowest BCUT2D eigenvalue weighted by Gasteiger charge is -2.09. The van der Waals surface area contributed by atoms with E-state index < -0.39 is 0 Å². The minimum Gasteiger partial charge on any atom is -0.497 e. The molecule has 1 heterocycles. The summed E-state index contributed by atoms with van der Waals surface area (Å²) < 4.78 is 11.9. The molecule has 7 heteroatoms. The van der Waals surface area contributed by atoms with Gasteiger partial charge in [0.2, 0.25) is 0 Å². The number of nitrogen functional groups attached to an aromatic ring is 1. The van der Waals surface area contributed by atoms with Gasteiger partial charge in [-0.3, -0.25) is 4.79 Å². The molecule has 0 atom stereocenters. The van der Waals surface area contributed by atoms with E-state index in [0.717, 1.165) is 0 Å². The van der Waals surface area contributed by atoms with Crippen LogP contribution < -0.4 is 15.2 Å². The first-order valence-electron chi connectivity index (χ1n) is 6.31. The van der Waals surface area contributed by atoms with Gasteiger partial charge in [0.25, 0.3) is 0 Å². The molecule has 1 aromatic heterocycles. The van der Waals surface area contributed by atoms with Crippen molar-refractivity contribution < 1.29 is 19.4 Å². The number of hydrogen-bond donors (Lipinski definition) is 2. The molecule has 0 saturated heterocycles. The molecule has 0 radical (unpaired) electrons. The molecule has 0 aliphatic carbocycles. The molecule has 0 spiro atoms. The number of hydrogen-bond acceptors (Lipinski definition) is 6. The first-order chi connectivity index (χ1) is 10.2. The quantitative estimate of drug-likeness (QED) is 0.769. The molecule has 0 unspecified atom stereocenters. The third-order valence-electron chi connectivity index (χ3n) is 3.12. The maximum absolute atomic E-state index is 11.3. The van der Waals surface area contributed by atoms with E-state index in [9.17, 15) is 4.79 Å². The summed E-state index contributed by atoms with van der Waals surface area (Å²) in [6.45, 7) is 0.0812. The Bertz CT molecular complexity index is 652. The molecular formula is C14H17N3O4. The van der Waals surface area contributed by atoms with E-state index in [-0.39, 0.29) is 24.5 Å². The summed E-state index contributed by atoms with van der Waals surface area (Å²) in [5.74, 6) is 1.37. The number of anilines is 1. The molecular weight excluding hydrogens is 274 g/mol. The van der Waals surface area contributed by atoms with Crippen molar-refractivity contribution in [2.24, 2.45) is 0 Å². The molecule has 0 bridgehead atoms. The molecule has 21 heavy (non-hydrogen) atoms. The van der Waals surface area contributed by atoms with Crippen LogP contribution in [0.5, 0.6) is 11.5 Å². The Kier molecular flexibility index (Phi) is 4.44. The normalized spacial score (nSPS) is 10.4. The van der Waals surface area contributed by atoms with Gasteiger partial charge < -0.3 is 20.3 Å². The van der Waals surface area contributed by atoms with E-state index in [2.05, 4.69) is 5.10 Å². The number of aliphatic hydroxyl groups is 1. The zero-order valence-electron chi connectivity index (χ0n) is 11.9. The second-order valence-electron chi connectivity index (χ2n) is 4.28. The predicted octanol–water partition coefficient (Wildman–Crippen LogP) is 0.954. The molecule has 0 saturated carbocycles. The number of nitrogens with two attached hydrogens (primary N) is 1. The Hall–Kier alpha value is -2.54. The van der Waals surface area contributed by atoms with Crippen LogP contribution in [0.2, 0.25) is 0 Å². The summed E-state index contributed by atoms with van der Waals surface area (Å²) >= 11 is 0. The molecule has 1 aromatic carbocycles. The minimum atomic E-state index is -0.126. The van der Waals surface area contributed by atoms with Crippen molar-refractivity contribution in [3.05, 3.63) is 23.8 Å². The van der Waals surface area contributed by atoms with E-state index >= 15 is 0 Å². The number of aldehydes is 1. The number of ether oxygens (including phenoxy) is 2.